The monoisotopic (exact) mass is 251 g/mol. The van der Waals surface area contributed by atoms with Crippen molar-refractivity contribution in [3.8, 4) is 0 Å². The fourth-order valence-corrected chi connectivity index (χ4v) is 2.26. The lowest BCUT2D eigenvalue weighted by molar-refractivity contribution is -0.117. The van der Waals surface area contributed by atoms with Crippen LogP contribution >= 0.6 is 0 Å². The highest BCUT2D eigenvalue weighted by atomic mass is 16.1. The molecule has 1 unspecified atom stereocenters. The van der Waals surface area contributed by atoms with Gasteiger partial charge in [-0.05, 0) is 32.5 Å². The Morgan fingerprint density at radius 2 is 2.06 bits per heavy atom. The van der Waals surface area contributed by atoms with Crippen molar-refractivity contribution in [2.45, 2.75) is 33.7 Å². The molecule has 0 radical (unpaired) electrons. The van der Waals surface area contributed by atoms with E-state index in [1.807, 2.05) is 13.8 Å². The van der Waals surface area contributed by atoms with Crippen LogP contribution in [0.2, 0.25) is 0 Å². The zero-order chi connectivity index (χ0) is 13.7. The highest BCUT2D eigenvalue weighted by Crippen LogP contribution is 2.22. The van der Waals surface area contributed by atoms with Crippen LogP contribution in [-0.2, 0) is 4.79 Å². The molecule has 1 rings (SSSR count). The van der Waals surface area contributed by atoms with Crippen molar-refractivity contribution in [2.24, 2.45) is 0 Å². The van der Waals surface area contributed by atoms with Crippen molar-refractivity contribution in [1.82, 2.24) is 15.5 Å². The first-order chi connectivity index (χ1) is 8.51. The van der Waals surface area contributed by atoms with Gasteiger partial charge < -0.3 is 15.5 Å². The molecule has 4 heteroatoms. The molecule has 18 heavy (non-hydrogen) atoms. The Labute approximate surface area is 110 Å². The number of amides is 1. The standard InChI is InChI=1S/C14H25N3O/c1-6-17(7-2)9-8-15-14(18)13-10(3)11(4)16-12(13)5/h12,16H,4,6-9H2,1-3,5H3,(H,15,18). The van der Waals surface area contributed by atoms with E-state index < -0.39 is 0 Å². The molecular formula is C14H25N3O. The predicted molar refractivity (Wildman–Crippen MR) is 75.2 cm³/mol. The first-order valence-corrected chi connectivity index (χ1v) is 6.68. The van der Waals surface area contributed by atoms with Gasteiger partial charge in [0.2, 0.25) is 5.91 Å². The number of likely N-dealkylation sites (N-methyl/N-ethyl adjacent to an activating group) is 1. The molecule has 0 saturated heterocycles. The maximum Gasteiger partial charge on any atom is 0.249 e. The fourth-order valence-electron chi connectivity index (χ4n) is 2.26. The number of nitrogens with zero attached hydrogens (tertiary/aromatic N) is 1. The molecule has 1 amide bonds. The van der Waals surface area contributed by atoms with E-state index >= 15 is 0 Å². The second-order valence-electron chi connectivity index (χ2n) is 4.67. The molecule has 0 aromatic carbocycles. The molecule has 0 spiro atoms. The minimum atomic E-state index is 0.0262. The maximum absolute atomic E-state index is 12.1. The lowest BCUT2D eigenvalue weighted by atomic mass is 10.1. The third kappa shape index (κ3) is 3.35. The second kappa shape index (κ2) is 6.59. The van der Waals surface area contributed by atoms with Crippen LogP contribution in [0.4, 0.5) is 0 Å². The van der Waals surface area contributed by atoms with Gasteiger partial charge in [-0.2, -0.15) is 0 Å². The fraction of sp³-hybridized carbons (Fsp3) is 0.643. The van der Waals surface area contributed by atoms with Gasteiger partial charge in [0, 0.05) is 24.4 Å². The van der Waals surface area contributed by atoms with E-state index in [0.717, 1.165) is 36.5 Å². The number of nitrogens with one attached hydrogen (secondary N) is 2. The average molecular weight is 251 g/mol. The topological polar surface area (TPSA) is 44.4 Å². The smallest absolute Gasteiger partial charge is 0.249 e. The van der Waals surface area contributed by atoms with Crippen LogP contribution in [0.25, 0.3) is 0 Å². The van der Waals surface area contributed by atoms with E-state index in [1.54, 1.807) is 0 Å². The molecular weight excluding hydrogens is 226 g/mol. The van der Waals surface area contributed by atoms with E-state index in [9.17, 15) is 4.79 Å². The minimum absolute atomic E-state index is 0.0262. The number of carbonyl (C=O) groups is 1. The third-order valence-electron chi connectivity index (χ3n) is 3.53. The van der Waals surface area contributed by atoms with Gasteiger partial charge in [-0.25, -0.2) is 0 Å². The summed E-state index contributed by atoms with van der Waals surface area (Å²) in [5.41, 5.74) is 2.65. The quantitative estimate of drug-likeness (QED) is 0.747. The SMILES string of the molecule is C=C1NC(C)C(C(=O)NCCN(CC)CC)=C1C. The lowest BCUT2D eigenvalue weighted by Crippen LogP contribution is -2.37. The van der Waals surface area contributed by atoms with Crippen LogP contribution in [0.3, 0.4) is 0 Å². The number of carbonyl (C=O) groups excluding carboxylic acids is 1. The molecule has 0 aromatic heterocycles. The molecule has 2 N–H and O–H groups in total. The van der Waals surface area contributed by atoms with Crippen LogP contribution in [0.15, 0.2) is 23.4 Å². The predicted octanol–water partition coefficient (Wildman–Crippen LogP) is 1.27. The van der Waals surface area contributed by atoms with E-state index in [2.05, 4.69) is 36.0 Å². The maximum atomic E-state index is 12.1. The van der Waals surface area contributed by atoms with Crippen molar-refractivity contribution in [3.63, 3.8) is 0 Å². The van der Waals surface area contributed by atoms with Gasteiger partial charge in [0.1, 0.15) is 0 Å². The molecule has 1 atom stereocenters. The van der Waals surface area contributed by atoms with E-state index in [0.29, 0.717) is 6.54 Å². The van der Waals surface area contributed by atoms with E-state index in [4.69, 9.17) is 0 Å². The summed E-state index contributed by atoms with van der Waals surface area (Å²) in [6.07, 6.45) is 0. The summed E-state index contributed by atoms with van der Waals surface area (Å²) in [5, 5.41) is 6.16. The van der Waals surface area contributed by atoms with Crippen LogP contribution in [0, 0.1) is 0 Å². The summed E-state index contributed by atoms with van der Waals surface area (Å²) in [5.74, 6) is 0.0262. The largest absolute Gasteiger partial charge is 0.379 e. The molecule has 1 aliphatic rings. The molecule has 0 bridgehead atoms. The van der Waals surface area contributed by atoms with E-state index in [1.165, 1.54) is 0 Å². The second-order valence-corrected chi connectivity index (χ2v) is 4.67. The normalized spacial score (nSPS) is 19.4. The minimum Gasteiger partial charge on any atom is -0.379 e. The summed E-state index contributed by atoms with van der Waals surface area (Å²) in [7, 11) is 0. The van der Waals surface area contributed by atoms with Gasteiger partial charge in [0.15, 0.2) is 0 Å². The first-order valence-electron chi connectivity index (χ1n) is 6.68. The Morgan fingerprint density at radius 3 is 2.50 bits per heavy atom. The zero-order valence-electron chi connectivity index (χ0n) is 12.0. The Balaban J connectivity index is 2.49. The Bertz CT molecular complexity index is 356. The molecule has 0 saturated carbocycles. The van der Waals surface area contributed by atoms with Gasteiger partial charge in [0.25, 0.3) is 0 Å². The lowest BCUT2D eigenvalue weighted by Gasteiger charge is -2.18. The highest BCUT2D eigenvalue weighted by Gasteiger charge is 2.26. The van der Waals surface area contributed by atoms with Crippen LogP contribution < -0.4 is 10.6 Å². The third-order valence-corrected chi connectivity index (χ3v) is 3.53. The van der Waals surface area contributed by atoms with Gasteiger partial charge in [-0.15, -0.1) is 0 Å². The van der Waals surface area contributed by atoms with E-state index in [-0.39, 0.29) is 11.9 Å². The summed E-state index contributed by atoms with van der Waals surface area (Å²) in [6.45, 7) is 15.7. The Morgan fingerprint density at radius 1 is 1.44 bits per heavy atom. The molecule has 0 aromatic rings. The van der Waals surface area contributed by atoms with Gasteiger partial charge >= 0.3 is 0 Å². The molecule has 0 aliphatic carbocycles. The van der Waals surface area contributed by atoms with Crippen LogP contribution in [0.1, 0.15) is 27.7 Å². The number of allylic oxidation sites excluding steroid dienone is 1. The number of hydrogen-bond donors (Lipinski definition) is 2. The summed E-state index contributed by atoms with van der Waals surface area (Å²) < 4.78 is 0. The van der Waals surface area contributed by atoms with Gasteiger partial charge in [-0.3, -0.25) is 4.79 Å². The van der Waals surface area contributed by atoms with Crippen molar-refractivity contribution >= 4 is 5.91 Å². The number of hydrogen-bond acceptors (Lipinski definition) is 3. The first kappa shape index (κ1) is 14.8. The molecule has 102 valence electrons. The molecule has 1 heterocycles. The van der Waals surface area contributed by atoms with Gasteiger partial charge in [0.05, 0.1) is 6.04 Å². The van der Waals surface area contributed by atoms with Crippen molar-refractivity contribution in [3.05, 3.63) is 23.4 Å². The Hall–Kier alpha value is -1.29. The molecule has 1 aliphatic heterocycles. The zero-order valence-corrected chi connectivity index (χ0v) is 12.0. The summed E-state index contributed by atoms with van der Waals surface area (Å²) in [6, 6.07) is 0.0611. The summed E-state index contributed by atoms with van der Waals surface area (Å²) >= 11 is 0. The van der Waals surface area contributed by atoms with Crippen molar-refractivity contribution in [1.29, 1.82) is 0 Å². The molecule has 0 fully saturated rings. The Kier molecular flexibility index (Phi) is 5.41. The van der Waals surface area contributed by atoms with Crippen LogP contribution in [-0.4, -0.2) is 43.0 Å². The van der Waals surface area contributed by atoms with Crippen molar-refractivity contribution in [2.75, 3.05) is 26.2 Å². The number of rotatable bonds is 6. The average Bonchev–Trinajstić information content (AvgIpc) is 2.59. The van der Waals surface area contributed by atoms with Crippen LogP contribution in [0.5, 0.6) is 0 Å². The van der Waals surface area contributed by atoms with Crippen molar-refractivity contribution < 1.29 is 4.79 Å². The molecule has 4 nitrogen and oxygen atoms in total. The van der Waals surface area contributed by atoms with Gasteiger partial charge in [-0.1, -0.05) is 20.4 Å². The highest BCUT2D eigenvalue weighted by molar-refractivity contribution is 5.97. The summed E-state index contributed by atoms with van der Waals surface area (Å²) in [4.78, 5) is 14.4.